The molecule has 0 aliphatic heterocycles. The molecule has 23 valence electrons. The van der Waals surface area contributed by atoms with Gasteiger partial charge in [-0.25, -0.2) is 0 Å². The Balaban J connectivity index is 2.30. The molecule has 1 N–H and O–H groups in total. The van der Waals surface area contributed by atoms with Crippen molar-refractivity contribution in [3.05, 3.63) is 0 Å². The van der Waals surface area contributed by atoms with Crippen LogP contribution in [-0.4, -0.2) is 30.9 Å². The summed E-state index contributed by atoms with van der Waals surface area (Å²) in [6.45, 7) is 0. The minimum atomic E-state index is -1.47. The quantitative estimate of drug-likeness (QED) is 0.506. The normalized spacial score (nSPS) is 6.25. The van der Waals surface area contributed by atoms with E-state index < -0.39 is 21.1 Å². The summed E-state index contributed by atoms with van der Waals surface area (Å²) in [6.07, 6.45) is 0. The van der Waals surface area contributed by atoms with Gasteiger partial charge in [0.25, 0.3) is 0 Å². The van der Waals surface area contributed by atoms with Crippen LogP contribution < -0.4 is 0 Å². The first-order valence-electron chi connectivity index (χ1n) is 0.874. The second-order valence-electron chi connectivity index (χ2n) is 0.302. The number of hydrogen-bond acceptors (Lipinski definition) is 2. The summed E-state index contributed by atoms with van der Waals surface area (Å²) in [5.41, 5.74) is 0. The Labute approximate surface area is 34.4 Å². The van der Waals surface area contributed by atoms with E-state index in [2.05, 4.69) is 0 Å². The second kappa shape index (κ2) is 3.56. The summed E-state index contributed by atoms with van der Waals surface area (Å²) in [5, 5.41) is 7.64. The Kier molecular flexibility index (Phi) is 4.06. The van der Waals surface area contributed by atoms with Crippen LogP contribution in [-0.2, 0) is 3.08 Å². The molecule has 0 aromatic heterocycles. The third-order valence-electron chi connectivity index (χ3n) is 0.0645. The third-order valence-corrected chi connectivity index (χ3v) is 0.433. The topological polar surface area (TPSA) is 37.3 Å². The van der Waals surface area contributed by atoms with Crippen molar-refractivity contribution in [2.24, 2.45) is 0 Å². The molecule has 0 aliphatic rings. The average Bonchev–Trinajstić information content (AvgIpc) is 1.37. The molecule has 1 radical (unpaired) electrons. The maximum atomic E-state index is 9.22. The predicted octanol–water partition coefficient (Wildman–Crippen LogP) is -1.01. The van der Waals surface area contributed by atoms with Gasteiger partial charge in [0, 0.05) is 0 Å². The fourth-order valence-electron chi connectivity index (χ4n) is 0. The van der Waals surface area contributed by atoms with Crippen LogP contribution in [0, 0.1) is 0 Å². The van der Waals surface area contributed by atoms with Crippen LogP contribution in [0.2, 0.25) is 0 Å². The first-order valence-corrected chi connectivity index (χ1v) is 4.06. The van der Waals surface area contributed by atoms with Gasteiger partial charge in [-0.1, -0.05) is 0 Å². The second-order valence-corrected chi connectivity index (χ2v) is 2.03. The zero-order valence-corrected chi connectivity index (χ0v) is 4.92. The summed E-state index contributed by atoms with van der Waals surface area (Å²) in [7, 11) is 0. The van der Waals surface area contributed by atoms with E-state index in [1.165, 1.54) is 0 Å². The number of aliphatic hydroxyl groups excluding tert-OH is 1. The Hall–Kier alpha value is 0.559. The van der Waals surface area contributed by atoms with E-state index in [0.717, 1.165) is 0 Å². The van der Waals surface area contributed by atoms with Crippen LogP contribution >= 0.6 is 0 Å². The fraction of sp³-hybridized carbons (Fsp3) is 1.00. The van der Waals surface area contributed by atoms with E-state index >= 15 is 0 Å². The molecule has 0 saturated heterocycles. The maximum absolute atomic E-state index is 9.22. The molecule has 0 heterocycles. The fourth-order valence-corrected chi connectivity index (χ4v) is 0. The van der Waals surface area contributed by atoms with Crippen molar-refractivity contribution in [3.63, 3.8) is 0 Å². The third kappa shape index (κ3) is 2.56. The Bertz CT molecular complexity index is 20.0. The minimum absolute atomic E-state index is 0.0661. The summed E-state index contributed by atoms with van der Waals surface area (Å²) >= 11 is -1.47. The Morgan fingerprint density at radius 3 is 2.25 bits per heavy atom. The van der Waals surface area contributed by atoms with Gasteiger partial charge in [0.2, 0.25) is 0 Å². The molecule has 4 heavy (non-hydrogen) atoms. The molecule has 3 heteroatoms. The molecule has 2 nitrogen and oxygen atoms in total. The van der Waals surface area contributed by atoms with Gasteiger partial charge >= 0.3 is 33.9 Å². The molecule has 0 spiro atoms. The van der Waals surface area contributed by atoms with Gasteiger partial charge in [-0.05, 0) is 0 Å². The van der Waals surface area contributed by atoms with E-state index in [1.54, 1.807) is 0 Å². The molecule has 0 amide bonds. The first-order chi connectivity index (χ1) is 1.91. The standard InChI is InChI=1S/CH3O.O.Sn/c1-2;;/h2H,1H2;;. The van der Waals surface area contributed by atoms with Gasteiger partial charge in [0.1, 0.15) is 0 Å². The summed E-state index contributed by atoms with van der Waals surface area (Å²) in [4.78, 5) is 0. The van der Waals surface area contributed by atoms with Crippen LogP contribution in [0.25, 0.3) is 0 Å². The molecule has 0 atom stereocenters. The molecule has 0 rings (SSSR count). The monoisotopic (exact) mass is 167 g/mol. The van der Waals surface area contributed by atoms with Crippen LogP contribution in [0.15, 0.2) is 0 Å². The molecule has 0 aromatic rings. The summed E-state index contributed by atoms with van der Waals surface area (Å²) in [5.74, 6) is 0. The summed E-state index contributed by atoms with van der Waals surface area (Å²) in [6, 6.07) is 0. The van der Waals surface area contributed by atoms with Gasteiger partial charge in [-0.3, -0.25) is 0 Å². The Morgan fingerprint density at radius 1 is 2.00 bits per heavy atom. The molecular formula is CH3O2Sn. The number of hydrogen-bond donors (Lipinski definition) is 1. The van der Waals surface area contributed by atoms with Crippen LogP contribution in [0.4, 0.5) is 0 Å². The van der Waals surface area contributed by atoms with E-state index in [1.807, 2.05) is 0 Å². The molecule has 0 unspecified atom stereocenters. The van der Waals surface area contributed by atoms with Crippen LogP contribution in [0.3, 0.4) is 0 Å². The van der Waals surface area contributed by atoms with Gasteiger partial charge in [0.05, 0.1) is 0 Å². The number of rotatable bonds is 1. The molecular weight excluding hydrogens is 163 g/mol. The molecule has 0 bridgehead atoms. The summed E-state index contributed by atoms with van der Waals surface area (Å²) < 4.78 is 9.15. The van der Waals surface area contributed by atoms with Crippen LogP contribution in [0.1, 0.15) is 0 Å². The van der Waals surface area contributed by atoms with Crippen molar-refractivity contribution in [2.75, 3.05) is 4.62 Å². The van der Waals surface area contributed by atoms with Crippen LogP contribution in [0.5, 0.6) is 0 Å². The van der Waals surface area contributed by atoms with E-state index in [4.69, 9.17) is 5.11 Å². The number of aliphatic hydroxyl groups is 1. The van der Waals surface area contributed by atoms with Crippen molar-refractivity contribution in [1.29, 1.82) is 0 Å². The van der Waals surface area contributed by atoms with Gasteiger partial charge in [-0.15, -0.1) is 0 Å². The van der Waals surface area contributed by atoms with Crippen molar-refractivity contribution >= 4 is 21.1 Å². The van der Waals surface area contributed by atoms with E-state index in [0.29, 0.717) is 0 Å². The van der Waals surface area contributed by atoms with Gasteiger partial charge < -0.3 is 0 Å². The molecule has 0 aromatic carbocycles. The SMILES string of the molecule is [O]=[Sn][CH2]O. The van der Waals surface area contributed by atoms with Crippen molar-refractivity contribution in [3.8, 4) is 0 Å². The molecule has 0 fully saturated rings. The van der Waals surface area contributed by atoms with E-state index in [-0.39, 0.29) is 4.62 Å². The van der Waals surface area contributed by atoms with E-state index in [9.17, 15) is 3.08 Å². The van der Waals surface area contributed by atoms with Gasteiger partial charge in [0.15, 0.2) is 0 Å². The molecule has 0 aliphatic carbocycles. The Morgan fingerprint density at radius 2 is 2.25 bits per heavy atom. The van der Waals surface area contributed by atoms with Gasteiger partial charge in [-0.2, -0.15) is 0 Å². The average molecular weight is 166 g/mol. The predicted molar refractivity (Wildman–Crippen MR) is 13.5 cm³/mol. The van der Waals surface area contributed by atoms with Crippen molar-refractivity contribution < 1.29 is 8.18 Å². The first kappa shape index (κ1) is 4.56. The zero-order chi connectivity index (χ0) is 3.41. The van der Waals surface area contributed by atoms with Crippen molar-refractivity contribution in [1.82, 2.24) is 0 Å². The molecule has 0 saturated carbocycles. The zero-order valence-electron chi connectivity index (χ0n) is 2.06. The van der Waals surface area contributed by atoms with Crippen molar-refractivity contribution in [2.45, 2.75) is 0 Å².